The number of nitro groups is 1. The number of Topliss-reactive ketones (excluding diaryl/α,β-unsaturated/α-hetero) is 1. The van der Waals surface area contributed by atoms with Crippen molar-refractivity contribution < 1.29 is 18.1 Å². The lowest BCUT2D eigenvalue weighted by Gasteiger charge is -2.04. The van der Waals surface area contributed by atoms with Gasteiger partial charge in [0.2, 0.25) is 0 Å². The maximum Gasteiger partial charge on any atom is 0.269 e. The summed E-state index contributed by atoms with van der Waals surface area (Å²) in [6.07, 6.45) is 0. The third kappa shape index (κ3) is 3.89. The molecule has 0 saturated carbocycles. The predicted octanol–water partition coefficient (Wildman–Crippen LogP) is 2.86. The second-order valence-corrected chi connectivity index (χ2v) is 7.68. The van der Waals surface area contributed by atoms with Crippen molar-refractivity contribution in [1.82, 2.24) is 0 Å². The van der Waals surface area contributed by atoms with E-state index in [9.17, 15) is 23.3 Å². The number of carbonyl (C=O) groups excluding carboxylic acids is 1. The van der Waals surface area contributed by atoms with Crippen LogP contribution in [0.2, 0.25) is 0 Å². The minimum absolute atomic E-state index is 0.0724. The van der Waals surface area contributed by atoms with Gasteiger partial charge < -0.3 is 0 Å². The minimum atomic E-state index is -3.74. The highest BCUT2D eigenvalue weighted by atomic mass is 127. The fourth-order valence-corrected chi connectivity index (χ4v) is 3.34. The second-order valence-electron chi connectivity index (χ2n) is 4.44. The van der Waals surface area contributed by atoms with Crippen molar-refractivity contribution in [2.45, 2.75) is 4.90 Å². The van der Waals surface area contributed by atoms with Crippen LogP contribution in [0.1, 0.15) is 10.4 Å². The molecule has 0 spiro atoms. The molecule has 114 valence electrons. The van der Waals surface area contributed by atoms with E-state index in [4.69, 9.17) is 0 Å². The Balaban J connectivity index is 2.20. The third-order valence-electron chi connectivity index (χ3n) is 2.89. The van der Waals surface area contributed by atoms with E-state index >= 15 is 0 Å². The fourth-order valence-electron chi connectivity index (χ4n) is 1.75. The first-order valence-corrected chi connectivity index (χ1v) is 8.79. The van der Waals surface area contributed by atoms with Crippen molar-refractivity contribution in [2.24, 2.45) is 0 Å². The van der Waals surface area contributed by atoms with Crippen molar-refractivity contribution >= 4 is 43.9 Å². The molecule has 0 aromatic heterocycles. The van der Waals surface area contributed by atoms with Gasteiger partial charge in [-0.15, -0.1) is 0 Å². The molecule has 8 heteroatoms. The van der Waals surface area contributed by atoms with Crippen molar-refractivity contribution in [2.75, 3.05) is 5.75 Å². The topological polar surface area (TPSA) is 94.3 Å². The number of sulfone groups is 1. The van der Waals surface area contributed by atoms with E-state index in [1.807, 2.05) is 0 Å². The van der Waals surface area contributed by atoms with Crippen LogP contribution in [0.15, 0.2) is 53.4 Å². The lowest BCUT2D eigenvalue weighted by atomic mass is 10.1. The Morgan fingerprint density at radius 1 is 1.05 bits per heavy atom. The molecule has 0 aliphatic rings. The van der Waals surface area contributed by atoms with Gasteiger partial charge in [0.25, 0.3) is 5.69 Å². The maximum atomic E-state index is 12.2. The molecule has 0 amide bonds. The van der Waals surface area contributed by atoms with E-state index in [2.05, 4.69) is 22.6 Å². The maximum absolute atomic E-state index is 12.2. The Labute approximate surface area is 140 Å². The van der Waals surface area contributed by atoms with Crippen molar-refractivity contribution in [3.63, 3.8) is 0 Å². The second kappa shape index (κ2) is 6.53. The summed E-state index contributed by atoms with van der Waals surface area (Å²) in [5.41, 5.74) is -0.0308. The van der Waals surface area contributed by atoms with Crippen molar-refractivity contribution in [3.8, 4) is 0 Å². The first-order chi connectivity index (χ1) is 10.3. The molecule has 22 heavy (non-hydrogen) atoms. The van der Waals surface area contributed by atoms with Gasteiger partial charge in [0, 0.05) is 21.3 Å². The molecule has 0 bridgehead atoms. The van der Waals surface area contributed by atoms with Gasteiger partial charge in [-0.2, -0.15) is 0 Å². The molecule has 0 aliphatic carbocycles. The molecule has 2 aromatic carbocycles. The number of halogens is 1. The molecular weight excluding hydrogens is 421 g/mol. The Morgan fingerprint density at radius 3 is 2.09 bits per heavy atom. The Kier molecular flexibility index (Phi) is 4.91. The Hall–Kier alpha value is -1.81. The smallest absolute Gasteiger partial charge is 0.269 e. The lowest BCUT2D eigenvalue weighted by molar-refractivity contribution is -0.384. The Bertz CT molecular complexity index is 813. The summed E-state index contributed by atoms with van der Waals surface area (Å²) in [4.78, 5) is 22.1. The highest BCUT2D eigenvalue weighted by Crippen LogP contribution is 2.17. The minimum Gasteiger partial charge on any atom is -0.293 e. The van der Waals surface area contributed by atoms with E-state index in [1.54, 1.807) is 12.1 Å². The van der Waals surface area contributed by atoms with Gasteiger partial charge in [0.1, 0.15) is 5.75 Å². The standard InChI is InChI=1S/C14H10INO5S/c15-11-3-7-13(8-4-11)22(20,21)9-14(17)10-1-5-12(6-2-10)16(18)19/h1-8H,9H2. The van der Waals surface area contributed by atoms with Crippen LogP contribution in [0.4, 0.5) is 5.69 Å². The lowest BCUT2D eigenvalue weighted by Crippen LogP contribution is -2.16. The zero-order chi connectivity index (χ0) is 16.3. The van der Waals surface area contributed by atoms with Gasteiger partial charge in [0.05, 0.1) is 9.82 Å². The van der Waals surface area contributed by atoms with E-state index < -0.39 is 26.3 Å². The highest BCUT2D eigenvalue weighted by Gasteiger charge is 2.20. The zero-order valence-electron chi connectivity index (χ0n) is 11.1. The number of benzene rings is 2. The number of hydrogen-bond donors (Lipinski definition) is 0. The van der Waals surface area contributed by atoms with Gasteiger partial charge in [-0.3, -0.25) is 14.9 Å². The Morgan fingerprint density at radius 2 is 1.59 bits per heavy atom. The quantitative estimate of drug-likeness (QED) is 0.314. The summed E-state index contributed by atoms with van der Waals surface area (Å²) in [5.74, 6) is -1.28. The number of rotatable bonds is 5. The fraction of sp³-hybridized carbons (Fsp3) is 0.0714. The van der Waals surface area contributed by atoms with Crippen LogP contribution in [-0.2, 0) is 9.84 Å². The monoisotopic (exact) mass is 431 g/mol. The van der Waals surface area contributed by atoms with Crippen molar-refractivity contribution in [3.05, 3.63) is 67.8 Å². The van der Waals surface area contributed by atoms with E-state index in [-0.39, 0.29) is 16.1 Å². The van der Waals surface area contributed by atoms with Crippen LogP contribution < -0.4 is 0 Å². The molecular formula is C14H10INO5S. The van der Waals surface area contributed by atoms with Crippen LogP contribution in [0.5, 0.6) is 0 Å². The summed E-state index contributed by atoms with van der Waals surface area (Å²) in [7, 11) is -3.74. The number of carbonyl (C=O) groups is 1. The van der Waals surface area contributed by atoms with Crippen LogP contribution >= 0.6 is 22.6 Å². The average Bonchev–Trinajstić information content (AvgIpc) is 2.47. The molecule has 0 heterocycles. The van der Waals surface area contributed by atoms with E-state index in [1.165, 1.54) is 36.4 Å². The summed E-state index contributed by atoms with van der Waals surface area (Å²) in [5, 5.41) is 10.5. The first-order valence-electron chi connectivity index (χ1n) is 6.05. The number of hydrogen-bond acceptors (Lipinski definition) is 5. The van der Waals surface area contributed by atoms with Gasteiger partial charge in [-0.05, 0) is 59.0 Å². The molecule has 0 saturated heterocycles. The molecule has 6 nitrogen and oxygen atoms in total. The summed E-state index contributed by atoms with van der Waals surface area (Å²) >= 11 is 2.05. The van der Waals surface area contributed by atoms with Gasteiger partial charge in [-0.25, -0.2) is 8.42 Å². The molecule has 0 N–H and O–H groups in total. The molecule has 0 fully saturated rings. The largest absolute Gasteiger partial charge is 0.293 e. The van der Waals surface area contributed by atoms with Crippen molar-refractivity contribution in [1.29, 1.82) is 0 Å². The van der Waals surface area contributed by atoms with E-state index in [0.29, 0.717) is 0 Å². The van der Waals surface area contributed by atoms with Crippen LogP contribution in [0.25, 0.3) is 0 Å². The molecule has 0 atom stereocenters. The molecule has 2 aromatic rings. The molecule has 0 unspecified atom stereocenters. The third-order valence-corrected chi connectivity index (χ3v) is 5.25. The van der Waals surface area contributed by atoms with E-state index in [0.717, 1.165) is 3.57 Å². The van der Waals surface area contributed by atoms with Crippen LogP contribution in [0.3, 0.4) is 0 Å². The first kappa shape index (κ1) is 16.6. The molecule has 0 aliphatic heterocycles. The molecule has 0 radical (unpaired) electrons. The number of nitrogens with zero attached hydrogens (tertiary/aromatic N) is 1. The van der Waals surface area contributed by atoms with Crippen LogP contribution in [-0.4, -0.2) is 24.9 Å². The summed E-state index contributed by atoms with van der Waals surface area (Å²) in [6.45, 7) is 0. The zero-order valence-corrected chi connectivity index (χ0v) is 14.1. The number of ketones is 1. The SMILES string of the molecule is O=C(CS(=O)(=O)c1ccc(I)cc1)c1ccc([N+](=O)[O-])cc1. The number of nitro benzene ring substituents is 1. The average molecular weight is 431 g/mol. The highest BCUT2D eigenvalue weighted by molar-refractivity contribution is 14.1. The predicted molar refractivity (Wildman–Crippen MR) is 88.6 cm³/mol. The summed E-state index contributed by atoms with van der Waals surface area (Å²) < 4.78 is 25.2. The van der Waals surface area contributed by atoms with Gasteiger partial charge in [0.15, 0.2) is 15.6 Å². The molecule has 2 rings (SSSR count). The summed E-state index contributed by atoms with van der Waals surface area (Å²) in [6, 6.07) is 11.0. The number of non-ortho nitro benzene ring substituents is 1. The normalized spacial score (nSPS) is 11.1. The van der Waals surface area contributed by atoms with Gasteiger partial charge >= 0.3 is 0 Å². The van der Waals surface area contributed by atoms with Crippen LogP contribution in [0, 0.1) is 13.7 Å². The van der Waals surface area contributed by atoms with Gasteiger partial charge in [-0.1, -0.05) is 0 Å².